The Morgan fingerprint density at radius 2 is 2.04 bits per heavy atom. The topological polar surface area (TPSA) is 32.3 Å². The number of benzene rings is 2. The van der Waals surface area contributed by atoms with Gasteiger partial charge in [-0.25, -0.2) is 0 Å². The molecule has 2 atom stereocenters. The average Bonchev–Trinajstić information content (AvgIpc) is 2.72. The van der Waals surface area contributed by atoms with Crippen molar-refractivity contribution in [2.75, 3.05) is 23.7 Å². The molecule has 1 saturated heterocycles. The summed E-state index contributed by atoms with van der Waals surface area (Å²) in [7, 11) is 0. The number of hydrogen-bond donors (Lipinski definition) is 1. The first kappa shape index (κ1) is 20.5. The van der Waals surface area contributed by atoms with Crippen molar-refractivity contribution >= 4 is 23.4 Å². The summed E-state index contributed by atoms with van der Waals surface area (Å²) in [5.74, 6) is 1.51. The number of piperidine rings is 1. The predicted octanol–water partition coefficient (Wildman–Crippen LogP) is 5.69. The SMILES string of the molecule is C=CCSc1ccccc1C(=O)N[C@@H](C)c1ccc(N2CCC[C@H](C)C2)cc1. The number of nitrogens with zero attached hydrogens (tertiary/aromatic N) is 1. The van der Waals surface area contributed by atoms with Crippen molar-refractivity contribution in [3.63, 3.8) is 0 Å². The zero-order chi connectivity index (χ0) is 19.9. The van der Waals surface area contributed by atoms with Gasteiger partial charge in [-0.15, -0.1) is 18.3 Å². The monoisotopic (exact) mass is 394 g/mol. The van der Waals surface area contributed by atoms with Crippen molar-refractivity contribution in [1.29, 1.82) is 0 Å². The second-order valence-corrected chi connectivity index (χ2v) is 8.64. The van der Waals surface area contributed by atoms with Gasteiger partial charge in [-0.05, 0) is 55.5 Å². The summed E-state index contributed by atoms with van der Waals surface area (Å²) in [6, 6.07) is 16.3. The van der Waals surface area contributed by atoms with E-state index < -0.39 is 0 Å². The first-order valence-electron chi connectivity index (χ1n) is 10.1. The van der Waals surface area contributed by atoms with Gasteiger partial charge in [0.05, 0.1) is 11.6 Å². The van der Waals surface area contributed by atoms with Gasteiger partial charge in [-0.2, -0.15) is 0 Å². The van der Waals surface area contributed by atoms with E-state index in [2.05, 4.69) is 48.0 Å². The molecule has 1 aliphatic rings. The van der Waals surface area contributed by atoms with Crippen LogP contribution in [0.15, 0.2) is 66.1 Å². The van der Waals surface area contributed by atoms with Crippen molar-refractivity contribution in [3.05, 3.63) is 72.3 Å². The summed E-state index contributed by atoms with van der Waals surface area (Å²) in [6.07, 6.45) is 4.44. The van der Waals surface area contributed by atoms with Crippen LogP contribution in [0.3, 0.4) is 0 Å². The molecule has 1 heterocycles. The Bertz CT molecular complexity index is 803. The number of rotatable bonds is 7. The minimum absolute atomic E-state index is 0.0337. The highest BCUT2D eigenvalue weighted by Gasteiger charge is 2.18. The Labute approximate surface area is 173 Å². The minimum atomic E-state index is -0.0423. The van der Waals surface area contributed by atoms with Crippen LogP contribution in [0.1, 0.15) is 48.7 Å². The van der Waals surface area contributed by atoms with Gasteiger partial charge in [0.25, 0.3) is 5.91 Å². The van der Waals surface area contributed by atoms with E-state index in [0.717, 1.165) is 40.8 Å². The highest BCUT2D eigenvalue weighted by atomic mass is 32.2. The summed E-state index contributed by atoms with van der Waals surface area (Å²) in [6.45, 7) is 10.4. The molecule has 2 aromatic carbocycles. The summed E-state index contributed by atoms with van der Waals surface area (Å²) in [5.41, 5.74) is 3.12. The van der Waals surface area contributed by atoms with Crippen molar-refractivity contribution in [2.24, 2.45) is 5.92 Å². The maximum Gasteiger partial charge on any atom is 0.252 e. The Morgan fingerprint density at radius 3 is 2.75 bits per heavy atom. The van der Waals surface area contributed by atoms with Crippen molar-refractivity contribution in [1.82, 2.24) is 5.32 Å². The molecule has 0 radical (unpaired) electrons. The van der Waals surface area contributed by atoms with E-state index in [4.69, 9.17) is 0 Å². The second kappa shape index (κ2) is 9.83. The number of amides is 1. The molecule has 1 aliphatic heterocycles. The number of carbonyl (C=O) groups excluding carboxylic acids is 1. The van der Waals surface area contributed by atoms with Gasteiger partial charge >= 0.3 is 0 Å². The zero-order valence-corrected chi connectivity index (χ0v) is 17.7. The van der Waals surface area contributed by atoms with Crippen LogP contribution in [0.5, 0.6) is 0 Å². The third-order valence-electron chi connectivity index (χ3n) is 5.25. The maximum atomic E-state index is 12.8. The van der Waals surface area contributed by atoms with Gasteiger partial charge in [0.2, 0.25) is 0 Å². The van der Waals surface area contributed by atoms with Gasteiger partial charge in [0, 0.05) is 29.4 Å². The van der Waals surface area contributed by atoms with Crippen LogP contribution in [0.25, 0.3) is 0 Å². The molecular weight excluding hydrogens is 364 g/mol. The molecule has 1 fully saturated rings. The predicted molar refractivity (Wildman–Crippen MR) is 120 cm³/mol. The maximum absolute atomic E-state index is 12.8. The van der Waals surface area contributed by atoms with Gasteiger partial charge in [0.1, 0.15) is 0 Å². The van der Waals surface area contributed by atoms with Crippen LogP contribution in [0, 0.1) is 5.92 Å². The third-order valence-corrected chi connectivity index (χ3v) is 6.32. The molecule has 0 saturated carbocycles. The molecule has 0 aromatic heterocycles. The molecule has 3 nitrogen and oxygen atoms in total. The van der Waals surface area contributed by atoms with Crippen LogP contribution in [-0.2, 0) is 0 Å². The van der Waals surface area contributed by atoms with E-state index in [1.807, 2.05) is 37.3 Å². The Hall–Kier alpha value is -2.20. The van der Waals surface area contributed by atoms with E-state index in [0.29, 0.717) is 0 Å². The van der Waals surface area contributed by atoms with Gasteiger partial charge in [-0.3, -0.25) is 4.79 Å². The van der Waals surface area contributed by atoms with E-state index in [9.17, 15) is 4.79 Å². The molecule has 148 valence electrons. The molecule has 1 amide bonds. The van der Waals surface area contributed by atoms with Crippen molar-refractivity contribution in [3.8, 4) is 0 Å². The number of thioether (sulfide) groups is 1. The van der Waals surface area contributed by atoms with Crippen molar-refractivity contribution in [2.45, 2.75) is 37.6 Å². The van der Waals surface area contributed by atoms with E-state index in [1.165, 1.54) is 18.5 Å². The van der Waals surface area contributed by atoms with Crippen LogP contribution < -0.4 is 10.2 Å². The van der Waals surface area contributed by atoms with Crippen LogP contribution >= 0.6 is 11.8 Å². The molecule has 0 bridgehead atoms. The Balaban J connectivity index is 1.65. The Morgan fingerprint density at radius 1 is 1.29 bits per heavy atom. The molecule has 2 aromatic rings. The number of anilines is 1. The van der Waals surface area contributed by atoms with Gasteiger partial charge < -0.3 is 10.2 Å². The molecule has 0 unspecified atom stereocenters. The molecule has 28 heavy (non-hydrogen) atoms. The molecule has 3 rings (SSSR count). The van der Waals surface area contributed by atoms with E-state index in [1.54, 1.807) is 11.8 Å². The standard InChI is InChI=1S/C24H30N2OS/c1-4-16-28-23-10-6-5-9-22(23)24(27)25-19(3)20-11-13-21(14-12-20)26-15-7-8-18(2)17-26/h4-6,9-14,18-19H,1,7-8,15-17H2,2-3H3,(H,25,27)/t18-,19-/m0/s1. The largest absolute Gasteiger partial charge is 0.371 e. The summed E-state index contributed by atoms with van der Waals surface area (Å²) < 4.78 is 0. The first-order valence-corrected chi connectivity index (χ1v) is 11.1. The third kappa shape index (κ3) is 5.20. The number of carbonyl (C=O) groups is 1. The summed E-state index contributed by atoms with van der Waals surface area (Å²) in [4.78, 5) is 16.3. The smallest absolute Gasteiger partial charge is 0.252 e. The van der Waals surface area contributed by atoms with Gasteiger partial charge in [0.15, 0.2) is 0 Å². The minimum Gasteiger partial charge on any atom is -0.371 e. The lowest BCUT2D eigenvalue weighted by atomic mass is 9.99. The fraction of sp³-hybridized carbons (Fsp3) is 0.375. The highest BCUT2D eigenvalue weighted by molar-refractivity contribution is 7.99. The number of nitrogens with one attached hydrogen (secondary N) is 1. The van der Waals surface area contributed by atoms with Crippen LogP contribution in [0.4, 0.5) is 5.69 Å². The average molecular weight is 395 g/mol. The molecule has 0 aliphatic carbocycles. The van der Waals surface area contributed by atoms with Crippen LogP contribution in [0.2, 0.25) is 0 Å². The second-order valence-electron chi connectivity index (χ2n) is 7.58. The quantitative estimate of drug-likeness (QED) is 0.483. The lowest BCUT2D eigenvalue weighted by Gasteiger charge is -2.33. The fourth-order valence-electron chi connectivity index (χ4n) is 3.68. The van der Waals surface area contributed by atoms with Gasteiger partial charge in [-0.1, -0.05) is 37.3 Å². The highest BCUT2D eigenvalue weighted by Crippen LogP contribution is 2.26. The summed E-state index contributed by atoms with van der Waals surface area (Å²) >= 11 is 1.63. The molecular formula is C24H30N2OS. The molecule has 4 heteroatoms. The van der Waals surface area contributed by atoms with E-state index in [-0.39, 0.29) is 11.9 Å². The molecule has 0 spiro atoms. The zero-order valence-electron chi connectivity index (χ0n) is 16.9. The van der Waals surface area contributed by atoms with Crippen LogP contribution in [-0.4, -0.2) is 24.7 Å². The van der Waals surface area contributed by atoms with E-state index >= 15 is 0 Å². The van der Waals surface area contributed by atoms with Crippen molar-refractivity contribution < 1.29 is 4.79 Å². The normalized spacial score (nSPS) is 17.8. The number of hydrogen-bond acceptors (Lipinski definition) is 3. The Kier molecular flexibility index (Phi) is 7.21. The summed E-state index contributed by atoms with van der Waals surface area (Å²) in [5, 5.41) is 3.14. The lowest BCUT2D eigenvalue weighted by Crippen LogP contribution is -2.34. The first-order chi connectivity index (χ1) is 13.6. The lowest BCUT2D eigenvalue weighted by molar-refractivity contribution is 0.0937. The molecule has 1 N–H and O–H groups in total. The fourth-order valence-corrected chi connectivity index (χ4v) is 4.47.